The summed E-state index contributed by atoms with van der Waals surface area (Å²) >= 11 is 0. The van der Waals surface area contributed by atoms with Gasteiger partial charge in [-0.25, -0.2) is 0 Å². The normalized spacial score (nSPS) is 12.4. The summed E-state index contributed by atoms with van der Waals surface area (Å²) < 4.78 is 0. The van der Waals surface area contributed by atoms with Gasteiger partial charge in [-0.15, -0.1) is 0 Å². The smallest absolute Gasteiger partial charge is 0.550 e. The van der Waals surface area contributed by atoms with Crippen molar-refractivity contribution < 1.29 is 38.4 Å². The largest absolute Gasteiger partial charge is 2.00 e. The van der Waals surface area contributed by atoms with Gasteiger partial charge in [-0.3, -0.25) is 0 Å². The quantitative estimate of drug-likeness (QED) is 0.610. The molecule has 2 atom stereocenters. The molecule has 0 bridgehead atoms. The minimum Gasteiger partial charge on any atom is -0.550 e. The van der Waals surface area contributed by atoms with E-state index >= 15 is 0 Å². The van der Waals surface area contributed by atoms with Gasteiger partial charge in [0.1, 0.15) is 0 Å². The van der Waals surface area contributed by atoms with Crippen LogP contribution in [0.2, 0.25) is 0 Å². The standard InChI is InChI=1S/2C8H16O2.V/c2*1-3-5-6-7(4-2)8(9)10;/h2*7H,3-6H2,1-2H3,(H,9,10);/q;;+2/p-2. The summed E-state index contributed by atoms with van der Waals surface area (Å²) in [5, 5.41) is 20.7. The van der Waals surface area contributed by atoms with Gasteiger partial charge in [0.25, 0.3) is 0 Å². The first kappa shape index (κ1) is 25.5. The van der Waals surface area contributed by atoms with Crippen molar-refractivity contribution in [3.8, 4) is 0 Å². The van der Waals surface area contributed by atoms with Crippen LogP contribution in [0, 0.1) is 11.8 Å². The van der Waals surface area contributed by atoms with Crippen molar-refractivity contribution in [3.63, 3.8) is 0 Å². The van der Waals surface area contributed by atoms with Gasteiger partial charge in [0.05, 0.1) is 0 Å². The fourth-order valence-corrected chi connectivity index (χ4v) is 1.88. The van der Waals surface area contributed by atoms with Crippen molar-refractivity contribution in [3.05, 3.63) is 0 Å². The molecule has 5 heteroatoms. The zero-order valence-corrected chi connectivity index (χ0v) is 15.3. The third-order valence-electron chi connectivity index (χ3n) is 3.46. The number of carboxylic acid groups (broad SMARTS) is 2. The van der Waals surface area contributed by atoms with Crippen LogP contribution in [0.1, 0.15) is 79.1 Å². The molecule has 0 aromatic carbocycles. The molecular formula is C16H30O4V. The number of hydrogen-bond donors (Lipinski definition) is 0. The van der Waals surface area contributed by atoms with Crippen LogP contribution < -0.4 is 10.2 Å². The molecule has 0 aromatic heterocycles. The molecule has 123 valence electrons. The topological polar surface area (TPSA) is 80.3 Å². The molecule has 4 nitrogen and oxygen atoms in total. The molecule has 0 aromatic rings. The molecule has 0 saturated heterocycles. The van der Waals surface area contributed by atoms with Crippen molar-refractivity contribution in [1.82, 2.24) is 0 Å². The van der Waals surface area contributed by atoms with Crippen LogP contribution in [0.15, 0.2) is 0 Å². The van der Waals surface area contributed by atoms with E-state index in [0.717, 1.165) is 38.5 Å². The molecule has 1 radical (unpaired) electrons. The monoisotopic (exact) mass is 337 g/mol. The Kier molecular flexibility index (Phi) is 21.3. The average Bonchev–Trinajstić information content (AvgIpc) is 2.40. The third kappa shape index (κ3) is 15.7. The van der Waals surface area contributed by atoms with Crippen molar-refractivity contribution in [2.75, 3.05) is 0 Å². The number of carbonyl (C=O) groups excluding carboxylic acids is 2. The Balaban J connectivity index is -0.000000295. The van der Waals surface area contributed by atoms with Crippen LogP contribution in [0.5, 0.6) is 0 Å². The van der Waals surface area contributed by atoms with Crippen LogP contribution in [-0.4, -0.2) is 11.9 Å². The van der Waals surface area contributed by atoms with E-state index in [-0.39, 0.29) is 30.4 Å². The van der Waals surface area contributed by atoms with Crippen molar-refractivity contribution in [1.29, 1.82) is 0 Å². The molecule has 0 N–H and O–H groups in total. The summed E-state index contributed by atoms with van der Waals surface area (Å²) in [4.78, 5) is 20.7. The molecule has 21 heavy (non-hydrogen) atoms. The van der Waals surface area contributed by atoms with Gasteiger partial charge in [-0.05, 0) is 37.5 Å². The number of carbonyl (C=O) groups is 2. The second-order valence-corrected chi connectivity index (χ2v) is 5.13. The number of rotatable bonds is 10. The molecule has 0 aliphatic heterocycles. The second kappa shape index (κ2) is 17.6. The maximum atomic E-state index is 10.3. The number of aliphatic carboxylic acids is 2. The maximum Gasteiger partial charge on any atom is 2.00 e. The van der Waals surface area contributed by atoms with Crippen LogP contribution >= 0.6 is 0 Å². The first-order valence-corrected chi connectivity index (χ1v) is 7.86. The van der Waals surface area contributed by atoms with Gasteiger partial charge in [-0.2, -0.15) is 0 Å². The molecule has 0 amide bonds. The van der Waals surface area contributed by atoms with Crippen LogP contribution in [0.4, 0.5) is 0 Å². The van der Waals surface area contributed by atoms with E-state index in [1.165, 1.54) is 0 Å². The van der Waals surface area contributed by atoms with Crippen molar-refractivity contribution in [2.45, 2.75) is 79.1 Å². The van der Waals surface area contributed by atoms with Gasteiger partial charge in [0, 0.05) is 11.9 Å². The van der Waals surface area contributed by atoms with Crippen LogP contribution in [0.3, 0.4) is 0 Å². The van der Waals surface area contributed by atoms with E-state index in [2.05, 4.69) is 13.8 Å². The Hall–Kier alpha value is -0.476. The number of unbranched alkanes of at least 4 members (excludes halogenated alkanes) is 2. The average molecular weight is 337 g/mol. The number of carboxylic acids is 2. The zero-order chi connectivity index (χ0) is 16.0. The fourth-order valence-electron chi connectivity index (χ4n) is 1.88. The van der Waals surface area contributed by atoms with E-state index in [1.54, 1.807) is 0 Å². The van der Waals surface area contributed by atoms with Gasteiger partial charge >= 0.3 is 18.6 Å². The van der Waals surface area contributed by atoms with Gasteiger partial charge in [0.15, 0.2) is 0 Å². The maximum absolute atomic E-state index is 10.3. The van der Waals surface area contributed by atoms with Crippen LogP contribution in [0.25, 0.3) is 0 Å². The summed E-state index contributed by atoms with van der Waals surface area (Å²) in [6.45, 7) is 7.89. The molecule has 0 saturated carbocycles. The van der Waals surface area contributed by atoms with Gasteiger partial charge in [0.2, 0.25) is 0 Å². The summed E-state index contributed by atoms with van der Waals surface area (Å²) in [7, 11) is 0. The minimum atomic E-state index is -0.893. The Morgan fingerprint density at radius 1 is 0.762 bits per heavy atom. The first-order valence-electron chi connectivity index (χ1n) is 7.86. The summed E-state index contributed by atoms with van der Waals surface area (Å²) in [5.74, 6) is -2.23. The minimum absolute atomic E-state index is 0. The summed E-state index contributed by atoms with van der Waals surface area (Å²) in [5.41, 5.74) is 0. The fraction of sp³-hybridized carbons (Fsp3) is 0.875. The predicted octanol–water partition coefficient (Wildman–Crippen LogP) is 1.90. The Labute approximate surface area is 141 Å². The SMILES string of the molecule is CCCCC(CC)C(=O)[O-].CCCCC(CC)C(=O)[O-].[V+2]. The van der Waals surface area contributed by atoms with Crippen molar-refractivity contribution in [2.24, 2.45) is 11.8 Å². The summed E-state index contributed by atoms with van der Waals surface area (Å²) in [6, 6.07) is 0. The van der Waals surface area contributed by atoms with E-state index in [1.807, 2.05) is 13.8 Å². The van der Waals surface area contributed by atoms with E-state index < -0.39 is 11.9 Å². The zero-order valence-electron chi connectivity index (χ0n) is 13.9. The van der Waals surface area contributed by atoms with Crippen LogP contribution in [-0.2, 0) is 28.1 Å². The molecule has 0 fully saturated rings. The Bertz CT molecular complexity index is 231. The van der Waals surface area contributed by atoms with E-state index in [4.69, 9.17) is 0 Å². The summed E-state index contributed by atoms with van der Waals surface area (Å²) in [6.07, 6.45) is 7.04. The Morgan fingerprint density at radius 2 is 1.05 bits per heavy atom. The van der Waals surface area contributed by atoms with Gasteiger partial charge in [-0.1, -0.05) is 53.4 Å². The molecule has 0 aliphatic carbocycles. The third-order valence-corrected chi connectivity index (χ3v) is 3.46. The second-order valence-electron chi connectivity index (χ2n) is 5.13. The molecule has 2 unspecified atom stereocenters. The van der Waals surface area contributed by atoms with Gasteiger partial charge < -0.3 is 19.8 Å². The predicted molar refractivity (Wildman–Crippen MR) is 76.6 cm³/mol. The number of hydrogen-bond acceptors (Lipinski definition) is 4. The Morgan fingerprint density at radius 3 is 1.19 bits per heavy atom. The molecule has 0 rings (SSSR count). The first-order chi connectivity index (χ1) is 9.44. The van der Waals surface area contributed by atoms with Crippen molar-refractivity contribution >= 4 is 11.9 Å². The molecule has 0 heterocycles. The van der Waals surface area contributed by atoms with E-state index in [9.17, 15) is 19.8 Å². The van der Waals surface area contributed by atoms with E-state index in [0.29, 0.717) is 12.8 Å². The molecule has 0 spiro atoms. The molecule has 0 aliphatic rings. The molecular weight excluding hydrogens is 307 g/mol.